The first kappa shape index (κ1) is 37.1. The first-order valence-electron chi connectivity index (χ1n) is 21.7. The Balaban J connectivity index is 0.835. The van der Waals surface area contributed by atoms with E-state index >= 15 is 0 Å². The van der Waals surface area contributed by atoms with Crippen molar-refractivity contribution in [3.63, 3.8) is 0 Å². The maximum absolute atomic E-state index is 12.6. The van der Waals surface area contributed by atoms with E-state index < -0.39 is 97.4 Å². The maximum Gasteiger partial charge on any atom is 0.331 e. The van der Waals surface area contributed by atoms with Gasteiger partial charge in [-0.15, -0.1) is 0 Å². The van der Waals surface area contributed by atoms with Crippen molar-refractivity contribution in [2.45, 2.75) is 197 Å². The summed E-state index contributed by atoms with van der Waals surface area (Å²) in [4.78, 5) is 12.2. The first-order chi connectivity index (χ1) is 26.4. The van der Waals surface area contributed by atoms with E-state index in [0.717, 1.165) is 44.9 Å². The lowest BCUT2D eigenvalue weighted by molar-refractivity contribution is -0.336. The predicted molar refractivity (Wildman–Crippen MR) is 191 cm³/mol. The van der Waals surface area contributed by atoms with Gasteiger partial charge in [-0.1, -0.05) is 13.8 Å². The monoisotopic (exact) mass is 768 g/mol. The Labute approximate surface area is 321 Å². The number of fused-ring (bicyclic) bond motifs is 5. The largest absolute Gasteiger partial charge is 0.458 e. The van der Waals surface area contributed by atoms with Crippen LogP contribution in [-0.2, 0) is 38.0 Å². The summed E-state index contributed by atoms with van der Waals surface area (Å²) < 4.78 is 58.7. The van der Waals surface area contributed by atoms with Crippen molar-refractivity contribution in [3.05, 3.63) is 11.6 Å². The second kappa shape index (κ2) is 14.9. The molecule has 0 bridgehead atoms. The minimum atomic E-state index is -1.16. The molecule has 0 radical (unpaired) electrons. The van der Waals surface area contributed by atoms with Gasteiger partial charge in [0.25, 0.3) is 0 Å². The Hall–Kier alpha value is -1.23. The summed E-state index contributed by atoms with van der Waals surface area (Å²) >= 11 is 0. The van der Waals surface area contributed by atoms with Crippen LogP contribution in [0.4, 0.5) is 0 Å². The second-order valence-corrected chi connectivity index (χ2v) is 18.5. The van der Waals surface area contributed by atoms with Crippen LogP contribution in [0.15, 0.2) is 11.6 Å². The van der Waals surface area contributed by atoms with E-state index in [1.165, 1.54) is 0 Å². The number of hydrogen-bond donors (Lipinski definition) is 5. The van der Waals surface area contributed by atoms with Crippen molar-refractivity contribution in [2.24, 2.45) is 34.5 Å². The number of aliphatic hydroxyl groups is 5. The molecule has 13 heteroatoms. The number of carbonyl (C=O) groups is 1. The third-order valence-corrected chi connectivity index (χ3v) is 15.6. The highest BCUT2D eigenvalue weighted by Crippen LogP contribution is 2.70. The van der Waals surface area contributed by atoms with Crippen LogP contribution in [0.3, 0.4) is 0 Å². The molecule has 13 nitrogen and oxygen atoms in total. The van der Waals surface area contributed by atoms with E-state index in [9.17, 15) is 30.3 Å². The molecule has 0 aromatic heterocycles. The Bertz CT molecular complexity index is 1470. The van der Waals surface area contributed by atoms with Crippen LogP contribution in [0.1, 0.15) is 114 Å². The molecule has 0 amide bonds. The average molecular weight is 769 g/mol. The van der Waals surface area contributed by atoms with Crippen molar-refractivity contribution >= 4 is 5.97 Å². The van der Waals surface area contributed by atoms with Gasteiger partial charge in [-0.05, 0) is 113 Å². The second-order valence-electron chi connectivity index (χ2n) is 18.5. The summed E-state index contributed by atoms with van der Waals surface area (Å²) in [5, 5.41) is 55.1. The average Bonchev–Trinajstić information content (AvgIpc) is 3.55. The van der Waals surface area contributed by atoms with Gasteiger partial charge in [0, 0.05) is 30.7 Å². The van der Waals surface area contributed by atoms with Crippen LogP contribution >= 0.6 is 0 Å². The fourth-order valence-corrected chi connectivity index (χ4v) is 12.6. The Kier molecular flexibility index (Phi) is 10.2. The van der Waals surface area contributed by atoms with E-state index in [1.54, 1.807) is 13.8 Å². The van der Waals surface area contributed by atoms with Gasteiger partial charge in [-0.25, -0.2) is 4.79 Å². The highest BCUT2D eigenvalue weighted by Gasteiger charge is 2.68. The zero-order chi connectivity index (χ0) is 40.1. The van der Waals surface area contributed by atoms with E-state index in [4.69, 9.17) is 35.9 Å². The first-order valence-corrected chi connectivity index (χ1v) is 20.6. The molecule has 0 aromatic carbocycles. The maximum atomic E-state index is 12.6. The standard InChI is InChI=1S/C41H64O13/c1-20-36(46)29(42)16-34(49-20)53-38-22(3)51-35(18-31(38)44)54-37-21(2)50-33(17-30(37)43)52-25-8-11-39(4)24(15-25)6-7-28-27(39)9-12-40(5)26(10-13-41(28,40)47)23-14-32(45)48-19-23/h14,20-22,24-31,33-38,42-44,46-47H,6-13,15-19H2,1-5H3/t20-,21-,22-,24-,25+,26-,27+,28-,29+,30+,31+,33+,34+,35+,36-,37-,38-,39+,40-,41+/m1/s1/i14T,19T/t19?,20-,21-,22-,24-,25+,26-,27+,28-,29+,30+,31+,33+,34+,35+,36-,37-,38-,39+,40-,41+. The minimum Gasteiger partial charge on any atom is -0.458 e. The Morgan fingerprint density at radius 3 is 1.94 bits per heavy atom. The Morgan fingerprint density at radius 2 is 1.35 bits per heavy atom. The highest BCUT2D eigenvalue weighted by molar-refractivity contribution is 5.85. The van der Waals surface area contributed by atoms with Crippen LogP contribution in [0, 0.1) is 34.5 Å². The molecule has 5 N–H and O–H groups in total. The van der Waals surface area contributed by atoms with E-state index in [1.807, 2.05) is 6.92 Å². The molecule has 4 aliphatic carbocycles. The molecule has 8 aliphatic rings. The summed E-state index contributed by atoms with van der Waals surface area (Å²) in [5.74, 6) is -0.0534. The number of aliphatic hydroxyl groups excluding tert-OH is 4. The molecule has 0 aromatic rings. The third kappa shape index (κ3) is 6.82. The molecule has 4 heterocycles. The summed E-state index contributed by atoms with van der Waals surface area (Å²) in [6.45, 7) is 8.63. The minimum absolute atomic E-state index is 0.0225. The van der Waals surface area contributed by atoms with E-state index in [2.05, 4.69) is 13.8 Å². The zero-order valence-corrected chi connectivity index (χ0v) is 32.4. The summed E-state index contributed by atoms with van der Waals surface area (Å²) in [5.41, 5.74) is -0.942. The SMILES string of the molecule is [3H]C1=C([C@H]2CC[C@]3(O)[C@@H]4CC[C@@H]5C[C@@H](O[C@H]6C[C@H](O)[C@H](O[C@H]7C[C@H](O)[C@H](O[C@H]8C[C@H](O)[C@H](O)[C@@H](C)O8)[C@@H](C)O7)[C@@H](C)O6)CC[C@]5(C)[C@H]4CC[C@]23C)C([3H])OC1=O. The summed E-state index contributed by atoms with van der Waals surface area (Å²) in [7, 11) is 0. The summed E-state index contributed by atoms with van der Waals surface area (Å²) in [6, 6.07) is -0.192. The summed E-state index contributed by atoms with van der Waals surface area (Å²) in [6.07, 6.45) is -1.16. The topological polar surface area (TPSA) is 183 Å². The molecule has 3 saturated heterocycles. The van der Waals surface area contributed by atoms with E-state index in [0.29, 0.717) is 30.3 Å². The molecule has 0 spiro atoms. The fraction of sp³-hybridized carbons (Fsp3) is 0.927. The number of esters is 1. The molecule has 4 aliphatic heterocycles. The quantitative estimate of drug-likeness (QED) is 0.188. The lowest BCUT2D eigenvalue weighted by atomic mass is 9.43. The van der Waals surface area contributed by atoms with Crippen LogP contribution in [0.5, 0.6) is 0 Å². The van der Waals surface area contributed by atoms with Crippen LogP contribution in [0.25, 0.3) is 0 Å². The number of hydrogen-bond acceptors (Lipinski definition) is 13. The molecular formula is C41H64O13. The fourth-order valence-electron chi connectivity index (χ4n) is 12.6. The van der Waals surface area contributed by atoms with Gasteiger partial charge in [-0.2, -0.15) is 0 Å². The number of ether oxygens (including phenoxy) is 7. The van der Waals surface area contributed by atoms with Gasteiger partial charge < -0.3 is 58.7 Å². The van der Waals surface area contributed by atoms with Gasteiger partial charge in [0.05, 0.1) is 51.1 Å². The third-order valence-electron chi connectivity index (χ3n) is 15.6. The van der Waals surface area contributed by atoms with Crippen molar-refractivity contribution in [3.8, 4) is 0 Å². The lowest BCUT2D eigenvalue weighted by Gasteiger charge is -2.64. The molecule has 306 valence electrons. The molecule has 21 atom stereocenters. The normalized spacial score (nSPS) is 57.0. The van der Waals surface area contributed by atoms with Crippen molar-refractivity contribution < 1.29 is 66.2 Å². The van der Waals surface area contributed by atoms with Crippen molar-refractivity contribution in [1.82, 2.24) is 0 Å². The zero-order valence-electron chi connectivity index (χ0n) is 34.4. The number of rotatable bonds is 7. The highest BCUT2D eigenvalue weighted by atomic mass is 16.7. The van der Waals surface area contributed by atoms with Crippen LogP contribution in [-0.4, -0.2) is 124 Å². The van der Waals surface area contributed by atoms with Gasteiger partial charge in [-0.3, -0.25) is 0 Å². The molecule has 54 heavy (non-hydrogen) atoms. The molecule has 4 saturated carbocycles. The lowest BCUT2D eigenvalue weighted by Crippen LogP contribution is -2.62. The molecule has 7 fully saturated rings. The number of cyclic esters (lactones) is 1. The predicted octanol–water partition coefficient (Wildman–Crippen LogP) is 3.25. The number of carbonyl (C=O) groups excluding carboxylic acids is 1. The van der Waals surface area contributed by atoms with Crippen molar-refractivity contribution in [1.29, 1.82) is 0 Å². The smallest absolute Gasteiger partial charge is 0.331 e. The van der Waals surface area contributed by atoms with Crippen LogP contribution < -0.4 is 0 Å². The van der Waals surface area contributed by atoms with Crippen molar-refractivity contribution in [2.75, 3.05) is 6.58 Å². The Morgan fingerprint density at radius 1 is 0.741 bits per heavy atom. The van der Waals surface area contributed by atoms with Gasteiger partial charge >= 0.3 is 5.97 Å². The van der Waals surface area contributed by atoms with E-state index in [-0.39, 0.29) is 48.7 Å². The molecular weight excluding hydrogens is 700 g/mol. The van der Waals surface area contributed by atoms with Gasteiger partial charge in [0.15, 0.2) is 18.9 Å². The van der Waals surface area contributed by atoms with Gasteiger partial charge in [0.1, 0.15) is 24.9 Å². The molecule has 8 rings (SSSR count). The van der Waals surface area contributed by atoms with Crippen LogP contribution in [0.2, 0.25) is 0 Å². The van der Waals surface area contributed by atoms with Gasteiger partial charge in [0.2, 0.25) is 0 Å². The molecule has 1 unspecified atom stereocenters.